The Balaban J connectivity index is 1.24. The quantitative estimate of drug-likeness (QED) is 0.178. The summed E-state index contributed by atoms with van der Waals surface area (Å²) in [7, 11) is 2.17. The van der Waals surface area contributed by atoms with Gasteiger partial charge in [0.25, 0.3) is 5.91 Å². The molecule has 1 radical (unpaired) electrons. The molecule has 3 atom stereocenters. The number of rotatable bonds is 8. The van der Waals surface area contributed by atoms with Gasteiger partial charge < -0.3 is 24.6 Å². The lowest BCUT2D eigenvalue weighted by molar-refractivity contribution is -0.191. The number of hydrogen-bond donors (Lipinski definition) is 2. The fourth-order valence-electron chi connectivity index (χ4n) is 5.37. The Bertz CT molecular complexity index is 1770. The molecule has 1 saturated carbocycles. The maximum Gasteiger partial charge on any atom is 0.394 e. The molecule has 0 bridgehead atoms. The molecule has 1 amide bonds. The summed E-state index contributed by atoms with van der Waals surface area (Å²) in [4.78, 5) is 22.1. The number of carbonyl (C=O) groups excluding carboxylic acids is 1. The van der Waals surface area contributed by atoms with Gasteiger partial charge in [0.05, 0.1) is 24.0 Å². The van der Waals surface area contributed by atoms with Gasteiger partial charge in [0, 0.05) is 35.4 Å². The maximum atomic E-state index is 14.3. The third-order valence-electron chi connectivity index (χ3n) is 7.98. The van der Waals surface area contributed by atoms with E-state index in [4.69, 9.17) is 14.2 Å². The predicted octanol–water partition coefficient (Wildman–Crippen LogP) is 4.39. The molecule has 1 saturated heterocycles. The molecule has 43 heavy (non-hydrogen) atoms. The third kappa shape index (κ3) is 4.58. The van der Waals surface area contributed by atoms with E-state index in [-0.39, 0.29) is 39.9 Å². The zero-order chi connectivity index (χ0) is 30.1. The van der Waals surface area contributed by atoms with Crippen LogP contribution in [0.25, 0.3) is 22.2 Å². The van der Waals surface area contributed by atoms with Crippen LogP contribution in [-0.2, 0) is 15.8 Å². The Morgan fingerprint density at radius 3 is 2.65 bits per heavy atom. The number of carbonyl (C=O) groups is 1. The first-order chi connectivity index (χ1) is 20.5. The number of ether oxygens (including phenoxy) is 3. The van der Waals surface area contributed by atoms with Gasteiger partial charge in [-0.2, -0.15) is 13.2 Å². The highest BCUT2D eigenvalue weighted by Gasteiger charge is 2.78. The van der Waals surface area contributed by atoms with E-state index in [2.05, 4.69) is 15.3 Å². The topological polar surface area (TPSA) is 103 Å². The van der Waals surface area contributed by atoms with Crippen molar-refractivity contribution in [2.24, 2.45) is 0 Å². The van der Waals surface area contributed by atoms with Gasteiger partial charge in [-0.25, -0.2) is 9.37 Å². The highest BCUT2D eigenvalue weighted by molar-refractivity contribution is 6.58. The molecule has 4 aromatic rings. The smallest absolute Gasteiger partial charge is 0.394 e. The van der Waals surface area contributed by atoms with Crippen LogP contribution < -0.4 is 14.8 Å². The summed E-state index contributed by atoms with van der Waals surface area (Å²) in [5.41, 5.74) is 0.535. The lowest BCUT2D eigenvalue weighted by atomic mass is 9.79. The molecular weight excluding hydrogens is 569 g/mol. The van der Waals surface area contributed by atoms with E-state index in [1.54, 1.807) is 30.5 Å². The lowest BCUT2D eigenvalue weighted by Gasteiger charge is -2.28. The van der Waals surface area contributed by atoms with Crippen LogP contribution in [0.2, 0.25) is 0 Å². The number of nitrogens with zero attached hydrogens (tertiary/aromatic N) is 2. The maximum absolute atomic E-state index is 14.3. The van der Waals surface area contributed by atoms with E-state index in [0.717, 1.165) is 45.4 Å². The minimum Gasteiger partial charge on any atom is -0.497 e. The summed E-state index contributed by atoms with van der Waals surface area (Å²) in [5, 5.41) is 12.4. The normalized spacial score (nSPS) is 21.7. The number of hydrogen-bond acceptors (Lipinski definition) is 7. The number of nitrogens with one attached hydrogen (secondary N) is 1. The zero-order valence-electron chi connectivity index (χ0n) is 22.6. The van der Waals surface area contributed by atoms with Crippen LogP contribution in [0.3, 0.4) is 0 Å². The van der Waals surface area contributed by atoms with Gasteiger partial charge in [-0.05, 0) is 61.4 Å². The van der Waals surface area contributed by atoms with Crippen molar-refractivity contribution in [3.63, 3.8) is 0 Å². The Morgan fingerprint density at radius 1 is 1.19 bits per heavy atom. The van der Waals surface area contributed by atoms with Gasteiger partial charge >= 0.3 is 6.18 Å². The van der Waals surface area contributed by atoms with Crippen molar-refractivity contribution < 1.29 is 41.7 Å². The molecule has 8 nitrogen and oxygen atoms in total. The number of fused-ring (bicyclic) bond motifs is 4. The van der Waals surface area contributed by atoms with Crippen molar-refractivity contribution in [3.8, 4) is 22.8 Å². The number of methoxy groups -OCH3 is 1. The van der Waals surface area contributed by atoms with Crippen LogP contribution in [0.5, 0.6) is 11.5 Å². The van der Waals surface area contributed by atoms with E-state index in [0.29, 0.717) is 16.7 Å². The number of amides is 1. The van der Waals surface area contributed by atoms with Crippen LogP contribution in [0.15, 0.2) is 60.8 Å². The molecule has 1 aliphatic carbocycles. The molecule has 0 spiro atoms. The highest BCUT2D eigenvalue weighted by Crippen LogP contribution is 2.62. The summed E-state index contributed by atoms with van der Waals surface area (Å²) < 4.78 is 73.5. The summed E-state index contributed by atoms with van der Waals surface area (Å²) in [6.45, 7) is -0.562. The monoisotopic (exact) mass is 592 g/mol. The number of alkyl halides is 3. The number of aromatic nitrogens is 2. The summed E-state index contributed by atoms with van der Waals surface area (Å²) in [6.07, 6.45) is -1.21. The first-order valence-corrected chi connectivity index (χ1v) is 13.5. The molecule has 2 aromatic heterocycles. The van der Waals surface area contributed by atoms with Crippen molar-refractivity contribution in [3.05, 3.63) is 83.4 Å². The van der Waals surface area contributed by atoms with Crippen LogP contribution in [0, 0.1) is 5.82 Å². The molecule has 1 unspecified atom stereocenters. The fraction of sp³-hybridized carbons (Fsp3) is 0.300. The first kappa shape index (κ1) is 27.6. The standard InChI is InChI=1S/C30H23BF4N3O5/c1-41-28(40,14-37-26(39)17-11-16-3-2-10-36-23(16)21(12-17)42-19-8-9-19)22-13-20-25(43-27-29(20,31-27)30(33,34)35)24(38-22)15-4-6-18(32)7-5-15/h2-7,10-13,19,27,40H,8-9,14H2,1H3,(H,37,39)/t27?,28-,29+/m1/s1. The van der Waals surface area contributed by atoms with E-state index < -0.39 is 41.6 Å². The largest absolute Gasteiger partial charge is 0.497 e. The molecule has 2 fully saturated rings. The predicted molar refractivity (Wildman–Crippen MR) is 146 cm³/mol. The Morgan fingerprint density at radius 2 is 1.95 bits per heavy atom. The van der Waals surface area contributed by atoms with E-state index in [1.165, 1.54) is 12.1 Å². The highest BCUT2D eigenvalue weighted by atomic mass is 19.4. The second-order valence-corrected chi connectivity index (χ2v) is 10.8. The number of pyridine rings is 2. The van der Waals surface area contributed by atoms with E-state index >= 15 is 0 Å². The minimum atomic E-state index is -4.69. The van der Waals surface area contributed by atoms with Gasteiger partial charge in [-0.3, -0.25) is 9.78 Å². The third-order valence-corrected chi connectivity index (χ3v) is 7.98. The van der Waals surface area contributed by atoms with Gasteiger partial charge in [-0.1, -0.05) is 6.07 Å². The number of halogens is 4. The average molecular weight is 592 g/mol. The van der Waals surface area contributed by atoms with Crippen molar-refractivity contribution in [2.45, 2.75) is 42.2 Å². The fourth-order valence-corrected chi connectivity index (χ4v) is 5.37. The molecule has 7 rings (SSSR count). The second-order valence-electron chi connectivity index (χ2n) is 10.8. The molecule has 219 valence electrons. The molecule has 4 heterocycles. The van der Waals surface area contributed by atoms with Crippen molar-refractivity contribution in [1.82, 2.24) is 15.3 Å². The van der Waals surface area contributed by atoms with Crippen LogP contribution in [0.4, 0.5) is 17.6 Å². The lowest BCUT2D eigenvalue weighted by Crippen LogP contribution is -2.43. The average Bonchev–Trinajstić information content (AvgIpc) is 3.92. The van der Waals surface area contributed by atoms with E-state index in [9.17, 15) is 27.5 Å². The van der Waals surface area contributed by atoms with Crippen LogP contribution in [0.1, 0.15) is 34.5 Å². The first-order valence-electron chi connectivity index (χ1n) is 13.5. The minimum absolute atomic E-state index is 0.0255. The van der Waals surface area contributed by atoms with Crippen molar-refractivity contribution in [1.29, 1.82) is 0 Å². The zero-order valence-corrected chi connectivity index (χ0v) is 22.6. The van der Waals surface area contributed by atoms with Crippen molar-refractivity contribution >= 4 is 24.1 Å². The van der Waals surface area contributed by atoms with Crippen molar-refractivity contribution in [2.75, 3.05) is 13.7 Å². The molecule has 3 aliphatic rings. The summed E-state index contributed by atoms with van der Waals surface area (Å²) >= 11 is 0. The molecular formula is C30H23BF4N3O5. The van der Waals surface area contributed by atoms with Gasteiger partial charge in [-0.15, -0.1) is 0 Å². The van der Waals surface area contributed by atoms with Gasteiger partial charge in [0.15, 0.2) is 7.28 Å². The molecule has 13 heteroatoms. The number of aliphatic hydroxyl groups is 1. The SMILES string of the molecule is CO[C@](O)(CNC(=O)c1cc(OC2CC2)c2ncccc2c1)c1cc2c(c(-c3ccc(F)cc3)n1)OC1[B][C@@]21C(F)(F)F. The van der Waals surface area contributed by atoms with E-state index in [1.807, 2.05) is 0 Å². The molecule has 2 N–H and O–H groups in total. The Kier molecular flexibility index (Phi) is 6.19. The molecule has 2 aliphatic heterocycles. The Labute approximate surface area is 243 Å². The summed E-state index contributed by atoms with van der Waals surface area (Å²) in [5.74, 6) is -3.15. The number of benzene rings is 2. The van der Waals surface area contributed by atoms with Gasteiger partial charge in [0.1, 0.15) is 34.2 Å². The van der Waals surface area contributed by atoms with Crippen LogP contribution >= 0.6 is 0 Å². The van der Waals surface area contributed by atoms with Crippen LogP contribution in [-0.4, -0.2) is 60.2 Å². The summed E-state index contributed by atoms with van der Waals surface area (Å²) in [6, 6.07) is 11.5. The molecule has 2 aromatic carbocycles. The van der Waals surface area contributed by atoms with Gasteiger partial charge in [0.2, 0.25) is 5.79 Å². The Hall–Kier alpha value is -4.23. The second kappa shape index (κ2) is 9.65.